The summed E-state index contributed by atoms with van der Waals surface area (Å²) in [6.07, 6.45) is 1.88. The number of hydrazine groups is 1. The zero-order chi connectivity index (χ0) is 21.1. The smallest absolute Gasteiger partial charge is 0.325 e. The molecule has 0 aliphatic rings. The molecule has 8 nitrogen and oxygen atoms in total. The monoisotopic (exact) mass is 395 g/mol. The summed E-state index contributed by atoms with van der Waals surface area (Å²) in [5.74, 6) is -3.20. The van der Waals surface area contributed by atoms with Crippen LogP contribution in [0.4, 0.5) is 0 Å². The first kappa shape index (κ1) is 21.4. The summed E-state index contributed by atoms with van der Waals surface area (Å²) in [5, 5.41) is 12.2. The van der Waals surface area contributed by atoms with Gasteiger partial charge in [-0.05, 0) is 11.1 Å². The molecule has 0 fully saturated rings. The van der Waals surface area contributed by atoms with Crippen molar-refractivity contribution < 1.29 is 24.3 Å². The van der Waals surface area contributed by atoms with E-state index in [1.165, 1.54) is 0 Å². The Bertz CT molecular complexity index is 882. The fourth-order valence-corrected chi connectivity index (χ4v) is 2.36. The first-order valence-corrected chi connectivity index (χ1v) is 8.80. The number of carboxylic acid groups (broad SMARTS) is 1. The molecule has 3 N–H and O–H groups in total. The molecule has 2 rings (SSSR count). The van der Waals surface area contributed by atoms with Crippen molar-refractivity contribution >= 4 is 23.7 Å². The first-order valence-electron chi connectivity index (χ1n) is 8.80. The Morgan fingerprint density at radius 1 is 0.862 bits per heavy atom. The van der Waals surface area contributed by atoms with E-state index in [1.54, 1.807) is 30.3 Å². The van der Waals surface area contributed by atoms with Gasteiger partial charge >= 0.3 is 5.97 Å². The van der Waals surface area contributed by atoms with E-state index >= 15 is 0 Å². The number of benzene rings is 2. The van der Waals surface area contributed by atoms with E-state index in [0.717, 1.165) is 17.7 Å². The third-order valence-electron chi connectivity index (χ3n) is 3.71. The number of nitrogens with zero attached hydrogens (tertiary/aromatic N) is 1. The van der Waals surface area contributed by atoms with Crippen LogP contribution in [0, 0.1) is 0 Å². The van der Waals surface area contributed by atoms with Gasteiger partial charge in [-0.2, -0.15) is 0 Å². The van der Waals surface area contributed by atoms with E-state index in [9.17, 15) is 19.2 Å². The molecule has 2 aromatic carbocycles. The number of carbonyl (C=O) groups is 4. The minimum absolute atomic E-state index is 0.0223. The standard InChI is InChI=1S/C21H21N3O5/c25-18(22-14-17-9-5-2-6-10-17)11-12-20(27)24(15-21(28)29)23-19(26)13-16-7-3-1-4-8-16/h1-12H,13-15H2,(H,22,25)(H,23,26)(H,28,29)/b12-11+. The van der Waals surface area contributed by atoms with Gasteiger partial charge in [0, 0.05) is 18.7 Å². The average Bonchev–Trinajstić information content (AvgIpc) is 2.71. The van der Waals surface area contributed by atoms with Crippen LogP contribution in [0.15, 0.2) is 72.8 Å². The number of carboxylic acids is 1. The summed E-state index contributed by atoms with van der Waals surface area (Å²) in [6, 6.07) is 18.0. The molecule has 2 aromatic rings. The highest BCUT2D eigenvalue weighted by molar-refractivity contribution is 5.98. The van der Waals surface area contributed by atoms with Crippen molar-refractivity contribution in [1.82, 2.24) is 15.8 Å². The molecule has 0 radical (unpaired) electrons. The number of nitrogens with one attached hydrogen (secondary N) is 2. The predicted octanol–water partition coefficient (Wildman–Crippen LogP) is 1.05. The van der Waals surface area contributed by atoms with Gasteiger partial charge in [-0.15, -0.1) is 0 Å². The second-order valence-electron chi connectivity index (χ2n) is 6.05. The Morgan fingerprint density at radius 2 is 1.45 bits per heavy atom. The molecule has 0 bridgehead atoms. The van der Waals surface area contributed by atoms with Crippen LogP contribution in [0.5, 0.6) is 0 Å². The van der Waals surface area contributed by atoms with Crippen molar-refractivity contribution in [2.75, 3.05) is 6.54 Å². The summed E-state index contributed by atoms with van der Waals surface area (Å²) in [5.41, 5.74) is 3.86. The van der Waals surface area contributed by atoms with Crippen molar-refractivity contribution in [3.8, 4) is 0 Å². The molecule has 3 amide bonds. The van der Waals surface area contributed by atoms with Crippen LogP contribution in [0.1, 0.15) is 11.1 Å². The SMILES string of the molecule is O=C(O)CN(NC(=O)Cc1ccccc1)C(=O)/C=C/C(=O)NCc1ccccc1. The number of amides is 3. The molecule has 0 atom stereocenters. The molecule has 8 heteroatoms. The topological polar surface area (TPSA) is 116 Å². The maximum Gasteiger partial charge on any atom is 0.325 e. The Morgan fingerprint density at radius 3 is 2.03 bits per heavy atom. The highest BCUT2D eigenvalue weighted by atomic mass is 16.4. The van der Waals surface area contributed by atoms with Gasteiger partial charge in [0.1, 0.15) is 6.54 Å². The van der Waals surface area contributed by atoms with Gasteiger partial charge in [0.15, 0.2) is 0 Å². The normalized spacial score (nSPS) is 10.3. The summed E-state index contributed by atoms with van der Waals surface area (Å²) < 4.78 is 0. The van der Waals surface area contributed by atoms with Crippen LogP contribution in [-0.4, -0.2) is 40.4 Å². The second kappa shape index (κ2) is 11.0. The van der Waals surface area contributed by atoms with Gasteiger partial charge in [0.25, 0.3) is 5.91 Å². The van der Waals surface area contributed by atoms with E-state index in [-0.39, 0.29) is 13.0 Å². The van der Waals surface area contributed by atoms with Crippen molar-refractivity contribution in [3.05, 3.63) is 83.9 Å². The van der Waals surface area contributed by atoms with E-state index in [1.807, 2.05) is 30.3 Å². The van der Waals surface area contributed by atoms with Crippen LogP contribution >= 0.6 is 0 Å². The van der Waals surface area contributed by atoms with Crippen LogP contribution in [-0.2, 0) is 32.1 Å². The molecule has 0 aromatic heterocycles. The van der Waals surface area contributed by atoms with Crippen LogP contribution in [0.25, 0.3) is 0 Å². The fourth-order valence-electron chi connectivity index (χ4n) is 2.36. The number of hydrogen-bond donors (Lipinski definition) is 3. The molecule has 29 heavy (non-hydrogen) atoms. The Hall–Kier alpha value is -3.94. The summed E-state index contributed by atoms with van der Waals surface area (Å²) in [7, 11) is 0. The van der Waals surface area contributed by atoms with Crippen molar-refractivity contribution in [2.24, 2.45) is 0 Å². The molecular weight excluding hydrogens is 374 g/mol. The van der Waals surface area contributed by atoms with Gasteiger partial charge in [-0.3, -0.25) is 24.6 Å². The van der Waals surface area contributed by atoms with E-state index in [2.05, 4.69) is 10.7 Å². The number of aliphatic carboxylic acids is 1. The highest BCUT2D eigenvalue weighted by Crippen LogP contribution is 2.00. The molecule has 150 valence electrons. The second-order valence-corrected chi connectivity index (χ2v) is 6.05. The quantitative estimate of drug-likeness (QED) is 0.456. The van der Waals surface area contributed by atoms with Gasteiger partial charge in [0.2, 0.25) is 11.8 Å². The van der Waals surface area contributed by atoms with E-state index in [4.69, 9.17) is 5.11 Å². The molecule has 0 spiro atoms. The average molecular weight is 395 g/mol. The van der Waals surface area contributed by atoms with Crippen molar-refractivity contribution in [1.29, 1.82) is 0 Å². The van der Waals surface area contributed by atoms with Crippen LogP contribution in [0.3, 0.4) is 0 Å². The lowest BCUT2D eigenvalue weighted by Crippen LogP contribution is -2.48. The van der Waals surface area contributed by atoms with Gasteiger partial charge in [-0.25, -0.2) is 5.01 Å². The lowest BCUT2D eigenvalue weighted by Gasteiger charge is -2.20. The van der Waals surface area contributed by atoms with Crippen molar-refractivity contribution in [2.45, 2.75) is 13.0 Å². The summed E-state index contributed by atoms with van der Waals surface area (Å²) >= 11 is 0. The molecule has 0 aliphatic heterocycles. The highest BCUT2D eigenvalue weighted by Gasteiger charge is 2.17. The molecule has 0 saturated heterocycles. The van der Waals surface area contributed by atoms with Crippen LogP contribution in [0.2, 0.25) is 0 Å². The van der Waals surface area contributed by atoms with Gasteiger partial charge < -0.3 is 10.4 Å². The zero-order valence-electron chi connectivity index (χ0n) is 15.6. The molecule has 0 aliphatic carbocycles. The Balaban J connectivity index is 1.91. The van der Waals surface area contributed by atoms with Crippen molar-refractivity contribution in [3.63, 3.8) is 0 Å². The third kappa shape index (κ3) is 8.08. The maximum absolute atomic E-state index is 12.2. The minimum Gasteiger partial charge on any atom is -0.480 e. The Labute approximate surface area is 167 Å². The Kier molecular flexibility index (Phi) is 8.12. The molecule has 0 saturated carbocycles. The fraction of sp³-hybridized carbons (Fsp3) is 0.143. The van der Waals surface area contributed by atoms with E-state index < -0.39 is 30.2 Å². The van der Waals surface area contributed by atoms with Crippen LogP contribution < -0.4 is 10.7 Å². The number of rotatable bonds is 8. The van der Waals surface area contributed by atoms with E-state index in [0.29, 0.717) is 10.6 Å². The number of carbonyl (C=O) groups excluding carboxylic acids is 3. The number of hydrogen-bond acceptors (Lipinski definition) is 4. The minimum atomic E-state index is -1.31. The molecule has 0 unspecified atom stereocenters. The lowest BCUT2D eigenvalue weighted by atomic mass is 10.1. The summed E-state index contributed by atoms with van der Waals surface area (Å²) in [6.45, 7) is -0.458. The maximum atomic E-state index is 12.2. The zero-order valence-corrected chi connectivity index (χ0v) is 15.6. The third-order valence-corrected chi connectivity index (χ3v) is 3.71. The van der Waals surface area contributed by atoms with Gasteiger partial charge in [0.05, 0.1) is 6.42 Å². The molecular formula is C21H21N3O5. The van der Waals surface area contributed by atoms with Gasteiger partial charge in [-0.1, -0.05) is 60.7 Å². The largest absolute Gasteiger partial charge is 0.480 e. The molecule has 0 heterocycles. The lowest BCUT2D eigenvalue weighted by molar-refractivity contribution is -0.147. The first-order chi connectivity index (χ1) is 13.9. The predicted molar refractivity (Wildman–Crippen MR) is 105 cm³/mol. The summed E-state index contributed by atoms with van der Waals surface area (Å²) in [4.78, 5) is 47.2.